The highest BCUT2D eigenvalue weighted by atomic mass is 32.2. The number of nitriles is 1. The summed E-state index contributed by atoms with van der Waals surface area (Å²) in [4.78, 5) is 11.5. The van der Waals surface area contributed by atoms with Crippen LogP contribution in [0.25, 0.3) is 0 Å². The standard InChI is InChI=1S/C12H15N3O3S/c1-2-19(17,18)8-7-14-12(16)15-11-6-4-3-5-10(11)9-13/h3-6H,2,7-8H2,1H3,(H2,14,15,16). The molecule has 0 spiro atoms. The Morgan fingerprint density at radius 1 is 1.37 bits per heavy atom. The highest BCUT2D eigenvalue weighted by Crippen LogP contribution is 2.12. The van der Waals surface area contributed by atoms with Crippen molar-refractivity contribution in [3.8, 4) is 6.07 Å². The van der Waals surface area contributed by atoms with E-state index in [1.165, 1.54) is 0 Å². The zero-order valence-corrected chi connectivity index (χ0v) is 11.3. The maximum Gasteiger partial charge on any atom is 0.319 e. The van der Waals surface area contributed by atoms with Gasteiger partial charge in [0.1, 0.15) is 6.07 Å². The maximum absolute atomic E-state index is 11.5. The second-order valence-corrected chi connectivity index (χ2v) is 6.25. The van der Waals surface area contributed by atoms with Gasteiger partial charge < -0.3 is 10.6 Å². The fourth-order valence-corrected chi connectivity index (χ4v) is 2.02. The second-order valence-electron chi connectivity index (χ2n) is 3.77. The Morgan fingerprint density at radius 3 is 2.68 bits per heavy atom. The largest absolute Gasteiger partial charge is 0.337 e. The van der Waals surface area contributed by atoms with E-state index in [9.17, 15) is 13.2 Å². The lowest BCUT2D eigenvalue weighted by molar-refractivity contribution is 0.252. The van der Waals surface area contributed by atoms with E-state index in [4.69, 9.17) is 5.26 Å². The number of sulfone groups is 1. The molecule has 0 heterocycles. The number of carbonyl (C=O) groups is 1. The fraction of sp³-hybridized carbons (Fsp3) is 0.333. The summed E-state index contributed by atoms with van der Waals surface area (Å²) in [7, 11) is -3.10. The smallest absolute Gasteiger partial charge is 0.319 e. The van der Waals surface area contributed by atoms with Crippen LogP contribution >= 0.6 is 0 Å². The average molecular weight is 281 g/mol. The third-order valence-electron chi connectivity index (χ3n) is 2.43. The first-order valence-corrected chi connectivity index (χ1v) is 7.55. The molecule has 1 rings (SSSR count). The van der Waals surface area contributed by atoms with Crippen molar-refractivity contribution in [2.24, 2.45) is 0 Å². The predicted octanol–water partition coefficient (Wildman–Crippen LogP) is 1.11. The second kappa shape index (κ2) is 6.75. The van der Waals surface area contributed by atoms with Gasteiger partial charge in [-0.2, -0.15) is 5.26 Å². The molecular formula is C12H15N3O3S. The predicted molar refractivity (Wildman–Crippen MR) is 72.5 cm³/mol. The van der Waals surface area contributed by atoms with Crippen molar-refractivity contribution in [3.05, 3.63) is 29.8 Å². The molecule has 0 aliphatic rings. The van der Waals surface area contributed by atoms with Crippen LogP contribution in [-0.4, -0.2) is 32.5 Å². The van der Waals surface area contributed by atoms with Crippen LogP contribution in [0.3, 0.4) is 0 Å². The van der Waals surface area contributed by atoms with Gasteiger partial charge in [0.25, 0.3) is 0 Å². The summed E-state index contributed by atoms with van der Waals surface area (Å²) in [5.74, 6) is -0.0512. The van der Waals surface area contributed by atoms with Crippen molar-refractivity contribution < 1.29 is 13.2 Å². The van der Waals surface area contributed by atoms with Gasteiger partial charge in [0.15, 0.2) is 9.84 Å². The Bertz CT molecular complexity index is 590. The SMILES string of the molecule is CCS(=O)(=O)CCNC(=O)Nc1ccccc1C#N. The highest BCUT2D eigenvalue weighted by Gasteiger charge is 2.09. The first-order chi connectivity index (χ1) is 8.98. The summed E-state index contributed by atoms with van der Waals surface area (Å²) in [6, 6.07) is 7.98. The zero-order valence-electron chi connectivity index (χ0n) is 10.5. The topological polar surface area (TPSA) is 99.1 Å². The molecule has 6 nitrogen and oxygen atoms in total. The van der Waals surface area contributed by atoms with Gasteiger partial charge in [-0.1, -0.05) is 19.1 Å². The number of hydrogen-bond donors (Lipinski definition) is 2. The number of anilines is 1. The van der Waals surface area contributed by atoms with Crippen molar-refractivity contribution >= 4 is 21.6 Å². The Labute approximate surface area is 112 Å². The van der Waals surface area contributed by atoms with E-state index < -0.39 is 15.9 Å². The molecule has 0 saturated heterocycles. The van der Waals surface area contributed by atoms with Crippen LogP contribution in [0.1, 0.15) is 12.5 Å². The molecule has 1 aromatic carbocycles. The summed E-state index contributed by atoms with van der Waals surface area (Å²) in [6.45, 7) is 1.59. The molecule has 19 heavy (non-hydrogen) atoms. The maximum atomic E-state index is 11.5. The van der Waals surface area contributed by atoms with Gasteiger partial charge in [0.05, 0.1) is 17.0 Å². The van der Waals surface area contributed by atoms with E-state index in [1.54, 1.807) is 31.2 Å². The van der Waals surface area contributed by atoms with Gasteiger partial charge >= 0.3 is 6.03 Å². The highest BCUT2D eigenvalue weighted by molar-refractivity contribution is 7.91. The average Bonchev–Trinajstić information content (AvgIpc) is 2.39. The number of urea groups is 1. The molecule has 0 unspecified atom stereocenters. The normalized spacial score (nSPS) is 10.5. The summed E-state index contributed by atoms with van der Waals surface area (Å²) in [5, 5.41) is 13.8. The van der Waals surface area contributed by atoms with Crippen LogP contribution < -0.4 is 10.6 Å². The molecule has 1 aromatic rings. The molecule has 0 atom stereocenters. The van der Waals surface area contributed by atoms with Crippen molar-refractivity contribution in [1.82, 2.24) is 5.32 Å². The molecule has 0 aliphatic carbocycles. The minimum absolute atomic E-state index is 0.0384. The summed E-state index contributed by atoms with van der Waals surface area (Å²) < 4.78 is 22.4. The van der Waals surface area contributed by atoms with Gasteiger partial charge in [-0.25, -0.2) is 13.2 Å². The Hall–Kier alpha value is -2.07. The van der Waals surface area contributed by atoms with Crippen LogP contribution in [0, 0.1) is 11.3 Å². The summed E-state index contributed by atoms with van der Waals surface area (Å²) >= 11 is 0. The fourth-order valence-electron chi connectivity index (χ4n) is 1.32. The van der Waals surface area contributed by atoms with Crippen molar-refractivity contribution in [1.29, 1.82) is 5.26 Å². The number of nitrogens with zero attached hydrogens (tertiary/aromatic N) is 1. The van der Waals surface area contributed by atoms with E-state index in [-0.39, 0.29) is 18.1 Å². The summed E-state index contributed by atoms with van der Waals surface area (Å²) in [6.07, 6.45) is 0. The van der Waals surface area contributed by atoms with Crippen LogP contribution in [-0.2, 0) is 9.84 Å². The van der Waals surface area contributed by atoms with Crippen molar-refractivity contribution in [3.63, 3.8) is 0 Å². The molecular weight excluding hydrogens is 266 g/mol. The first kappa shape index (κ1) is 15.0. The van der Waals surface area contributed by atoms with E-state index in [2.05, 4.69) is 10.6 Å². The molecule has 0 aliphatic heterocycles. The van der Waals surface area contributed by atoms with E-state index >= 15 is 0 Å². The number of benzene rings is 1. The van der Waals surface area contributed by atoms with Crippen LogP contribution in [0.4, 0.5) is 10.5 Å². The molecule has 0 fully saturated rings. The third kappa shape index (κ3) is 4.97. The van der Waals surface area contributed by atoms with E-state index in [0.29, 0.717) is 11.3 Å². The number of para-hydroxylation sites is 1. The number of carbonyl (C=O) groups excluding carboxylic acids is 1. The molecule has 102 valence electrons. The van der Waals surface area contributed by atoms with Crippen LogP contribution in [0.2, 0.25) is 0 Å². The molecule has 0 aromatic heterocycles. The minimum atomic E-state index is -3.10. The Morgan fingerprint density at radius 2 is 2.05 bits per heavy atom. The van der Waals surface area contributed by atoms with Gasteiger partial charge in [0.2, 0.25) is 0 Å². The van der Waals surface area contributed by atoms with Gasteiger partial charge in [0, 0.05) is 12.3 Å². The third-order valence-corrected chi connectivity index (χ3v) is 4.14. The zero-order chi connectivity index (χ0) is 14.3. The number of rotatable bonds is 5. The lowest BCUT2D eigenvalue weighted by Crippen LogP contribution is -2.33. The van der Waals surface area contributed by atoms with Crippen molar-refractivity contribution in [2.45, 2.75) is 6.92 Å². The first-order valence-electron chi connectivity index (χ1n) is 5.73. The lowest BCUT2D eigenvalue weighted by atomic mass is 10.2. The minimum Gasteiger partial charge on any atom is -0.337 e. The number of nitrogens with one attached hydrogen (secondary N) is 2. The monoisotopic (exact) mass is 281 g/mol. The van der Waals surface area contributed by atoms with Crippen molar-refractivity contribution in [2.75, 3.05) is 23.4 Å². The number of amides is 2. The quantitative estimate of drug-likeness (QED) is 0.844. The molecule has 0 bridgehead atoms. The molecule has 2 amide bonds. The molecule has 7 heteroatoms. The molecule has 0 saturated carbocycles. The van der Waals surface area contributed by atoms with Crippen LogP contribution in [0.15, 0.2) is 24.3 Å². The van der Waals surface area contributed by atoms with E-state index in [1.807, 2.05) is 6.07 Å². The van der Waals surface area contributed by atoms with Crippen LogP contribution in [0.5, 0.6) is 0 Å². The van der Waals surface area contributed by atoms with Gasteiger partial charge in [-0.3, -0.25) is 0 Å². The summed E-state index contributed by atoms with van der Waals surface area (Å²) in [5.41, 5.74) is 0.736. The lowest BCUT2D eigenvalue weighted by Gasteiger charge is -2.08. The van der Waals surface area contributed by atoms with Gasteiger partial charge in [-0.15, -0.1) is 0 Å². The number of hydrogen-bond acceptors (Lipinski definition) is 4. The van der Waals surface area contributed by atoms with E-state index in [0.717, 1.165) is 0 Å². The Kier molecular flexibility index (Phi) is 5.33. The van der Waals surface area contributed by atoms with Gasteiger partial charge in [-0.05, 0) is 12.1 Å². The molecule has 2 N–H and O–H groups in total. The Balaban J connectivity index is 2.51. The molecule has 0 radical (unpaired) electrons.